The average Bonchev–Trinajstić information content (AvgIpc) is 2.86. The molecular weight excluding hydrogens is 280 g/mol. The first kappa shape index (κ1) is 14.2. The van der Waals surface area contributed by atoms with Crippen molar-refractivity contribution < 1.29 is 9.47 Å². The van der Waals surface area contributed by atoms with E-state index >= 15 is 0 Å². The number of alkyl halides is 1. The molecule has 0 saturated carbocycles. The smallest absolute Gasteiger partial charge is 0.134 e. The van der Waals surface area contributed by atoms with Gasteiger partial charge in [0.2, 0.25) is 0 Å². The van der Waals surface area contributed by atoms with E-state index in [2.05, 4.69) is 0 Å². The second-order valence-electron chi connectivity index (χ2n) is 4.45. The Morgan fingerprint density at radius 3 is 2.37 bits per heavy atom. The number of halogens is 1. The number of hydrogen-bond donors (Lipinski definition) is 0. The fourth-order valence-electron chi connectivity index (χ4n) is 1.80. The molecule has 0 saturated heterocycles. The third-order valence-corrected chi connectivity index (χ3v) is 4.21. The molecule has 0 bridgehead atoms. The molecule has 2 rings (SSSR count). The highest BCUT2D eigenvalue weighted by Gasteiger charge is 2.17. The number of ether oxygens (including phenoxy) is 2. The fraction of sp³-hybridized carbons (Fsp3) is 0.333. The van der Waals surface area contributed by atoms with E-state index in [0.29, 0.717) is 0 Å². The summed E-state index contributed by atoms with van der Waals surface area (Å²) in [5.74, 6) is 1.70. The van der Waals surface area contributed by atoms with E-state index in [1.165, 1.54) is 0 Å². The minimum absolute atomic E-state index is 0.176. The van der Waals surface area contributed by atoms with Gasteiger partial charge in [0.1, 0.15) is 11.5 Å². The molecule has 0 N–H and O–H groups in total. The molecule has 1 atom stereocenters. The molecule has 2 aromatic rings. The van der Waals surface area contributed by atoms with Crippen LogP contribution in [0.25, 0.3) is 0 Å². The SMILES string of the molecule is COc1ccsc1C(Cl)c1ccc(OC(C)C)cc1. The first-order chi connectivity index (χ1) is 9.11. The molecule has 1 aromatic carbocycles. The molecule has 1 unspecified atom stereocenters. The molecule has 0 aliphatic heterocycles. The maximum Gasteiger partial charge on any atom is 0.134 e. The van der Waals surface area contributed by atoms with E-state index in [1.54, 1.807) is 18.4 Å². The van der Waals surface area contributed by atoms with Crippen LogP contribution in [0.15, 0.2) is 35.7 Å². The highest BCUT2D eigenvalue weighted by Crippen LogP contribution is 2.39. The zero-order chi connectivity index (χ0) is 13.8. The number of rotatable bonds is 5. The summed E-state index contributed by atoms with van der Waals surface area (Å²) >= 11 is 8.11. The van der Waals surface area contributed by atoms with Crippen molar-refractivity contribution in [2.24, 2.45) is 0 Å². The molecule has 102 valence electrons. The van der Waals surface area contributed by atoms with Crippen LogP contribution in [0, 0.1) is 0 Å². The van der Waals surface area contributed by atoms with Crippen molar-refractivity contribution in [1.29, 1.82) is 0 Å². The normalized spacial score (nSPS) is 12.5. The summed E-state index contributed by atoms with van der Waals surface area (Å²) in [5.41, 5.74) is 1.04. The predicted molar refractivity (Wildman–Crippen MR) is 80.8 cm³/mol. The van der Waals surface area contributed by atoms with E-state index in [4.69, 9.17) is 21.1 Å². The van der Waals surface area contributed by atoms with Crippen molar-refractivity contribution >= 4 is 22.9 Å². The van der Waals surface area contributed by atoms with Gasteiger partial charge >= 0.3 is 0 Å². The number of methoxy groups -OCH3 is 1. The lowest BCUT2D eigenvalue weighted by Crippen LogP contribution is -2.05. The Kier molecular flexibility index (Phi) is 4.72. The van der Waals surface area contributed by atoms with Crippen molar-refractivity contribution in [1.82, 2.24) is 0 Å². The third kappa shape index (κ3) is 3.43. The van der Waals surface area contributed by atoms with Gasteiger partial charge in [-0.05, 0) is 43.0 Å². The highest BCUT2D eigenvalue weighted by molar-refractivity contribution is 7.10. The maximum atomic E-state index is 6.50. The van der Waals surface area contributed by atoms with Gasteiger partial charge in [0, 0.05) is 0 Å². The Morgan fingerprint density at radius 2 is 1.79 bits per heavy atom. The summed E-state index contributed by atoms with van der Waals surface area (Å²) in [6.07, 6.45) is 0.176. The number of benzene rings is 1. The first-order valence-electron chi connectivity index (χ1n) is 6.14. The van der Waals surface area contributed by atoms with Gasteiger partial charge in [0.05, 0.1) is 23.5 Å². The average molecular weight is 297 g/mol. The minimum atomic E-state index is -0.192. The molecule has 0 aliphatic rings. The molecule has 0 radical (unpaired) electrons. The van der Waals surface area contributed by atoms with Crippen LogP contribution in [-0.4, -0.2) is 13.2 Å². The molecule has 1 heterocycles. The second-order valence-corrected chi connectivity index (χ2v) is 5.84. The zero-order valence-corrected chi connectivity index (χ0v) is 12.8. The van der Waals surface area contributed by atoms with Crippen LogP contribution in [0.1, 0.15) is 29.7 Å². The molecule has 4 heteroatoms. The van der Waals surface area contributed by atoms with Gasteiger partial charge in [-0.1, -0.05) is 12.1 Å². The molecule has 0 fully saturated rings. The fourth-order valence-corrected chi connectivity index (χ4v) is 3.07. The molecular formula is C15H17ClO2S. The summed E-state index contributed by atoms with van der Waals surface area (Å²) in [7, 11) is 1.66. The zero-order valence-electron chi connectivity index (χ0n) is 11.2. The standard InChI is InChI=1S/C15H17ClO2S/c1-10(2)18-12-6-4-11(5-7-12)14(16)15-13(17-3)8-9-19-15/h4-10,14H,1-3H3. The maximum absolute atomic E-state index is 6.50. The number of thiophene rings is 1. The summed E-state index contributed by atoms with van der Waals surface area (Å²) in [4.78, 5) is 1.03. The van der Waals surface area contributed by atoms with Gasteiger partial charge in [-0.25, -0.2) is 0 Å². The number of hydrogen-bond acceptors (Lipinski definition) is 3. The van der Waals surface area contributed by atoms with E-state index in [0.717, 1.165) is 21.9 Å². The third-order valence-electron chi connectivity index (χ3n) is 2.65. The predicted octanol–water partition coefficient (Wildman–Crippen LogP) is 4.87. The van der Waals surface area contributed by atoms with Crippen LogP contribution in [0.5, 0.6) is 11.5 Å². The van der Waals surface area contributed by atoms with Crippen molar-refractivity contribution in [3.8, 4) is 11.5 Å². The summed E-state index contributed by atoms with van der Waals surface area (Å²) in [6, 6.07) is 9.82. The summed E-state index contributed by atoms with van der Waals surface area (Å²) in [6.45, 7) is 4.02. The Morgan fingerprint density at radius 1 is 1.11 bits per heavy atom. The topological polar surface area (TPSA) is 18.5 Å². The second kappa shape index (κ2) is 6.31. The van der Waals surface area contributed by atoms with Gasteiger partial charge in [-0.15, -0.1) is 22.9 Å². The summed E-state index contributed by atoms with van der Waals surface area (Å²) < 4.78 is 10.9. The Labute approximate surface area is 122 Å². The van der Waals surface area contributed by atoms with Crippen LogP contribution >= 0.6 is 22.9 Å². The van der Waals surface area contributed by atoms with Crippen LogP contribution in [0.4, 0.5) is 0 Å². The quantitative estimate of drug-likeness (QED) is 0.733. The van der Waals surface area contributed by atoms with Crippen LogP contribution < -0.4 is 9.47 Å². The molecule has 0 aliphatic carbocycles. The largest absolute Gasteiger partial charge is 0.496 e. The minimum Gasteiger partial charge on any atom is -0.496 e. The van der Waals surface area contributed by atoms with Gasteiger partial charge in [0.15, 0.2) is 0 Å². The lowest BCUT2D eigenvalue weighted by molar-refractivity contribution is 0.242. The van der Waals surface area contributed by atoms with Crippen LogP contribution in [0.3, 0.4) is 0 Å². The van der Waals surface area contributed by atoms with Gasteiger partial charge in [0.25, 0.3) is 0 Å². The van der Waals surface area contributed by atoms with E-state index in [-0.39, 0.29) is 11.5 Å². The molecule has 1 aromatic heterocycles. The highest BCUT2D eigenvalue weighted by atomic mass is 35.5. The van der Waals surface area contributed by atoms with Crippen LogP contribution in [-0.2, 0) is 0 Å². The van der Waals surface area contributed by atoms with Gasteiger partial charge in [-0.3, -0.25) is 0 Å². The molecule has 19 heavy (non-hydrogen) atoms. The van der Waals surface area contributed by atoms with Crippen LogP contribution in [0.2, 0.25) is 0 Å². The molecule has 0 amide bonds. The lowest BCUT2D eigenvalue weighted by atomic mass is 10.1. The Hall–Kier alpha value is -1.19. The van der Waals surface area contributed by atoms with Crippen molar-refractivity contribution in [2.75, 3.05) is 7.11 Å². The van der Waals surface area contributed by atoms with E-state index in [1.807, 2.05) is 49.6 Å². The summed E-state index contributed by atoms with van der Waals surface area (Å²) in [5, 5.41) is 1.79. The Balaban J connectivity index is 2.18. The van der Waals surface area contributed by atoms with E-state index < -0.39 is 0 Å². The van der Waals surface area contributed by atoms with Crippen molar-refractivity contribution in [3.05, 3.63) is 46.2 Å². The Bertz CT molecular complexity index is 519. The van der Waals surface area contributed by atoms with Crippen molar-refractivity contribution in [2.45, 2.75) is 25.3 Å². The van der Waals surface area contributed by atoms with Gasteiger partial charge < -0.3 is 9.47 Å². The monoisotopic (exact) mass is 296 g/mol. The lowest BCUT2D eigenvalue weighted by Gasteiger charge is -2.13. The van der Waals surface area contributed by atoms with Gasteiger partial charge in [-0.2, -0.15) is 0 Å². The first-order valence-corrected chi connectivity index (χ1v) is 7.45. The van der Waals surface area contributed by atoms with Crippen molar-refractivity contribution in [3.63, 3.8) is 0 Å². The molecule has 0 spiro atoms. The van der Waals surface area contributed by atoms with E-state index in [9.17, 15) is 0 Å². The molecule has 2 nitrogen and oxygen atoms in total.